The quantitative estimate of drug-likeness (QED) is 0.325. The van der Waals surface area contributed by atoms with Gasteiger partial charge in [-0.15, -0.1) is 0 Å². The van der Waals surface area contributed by atoms with E-state index in [2.05, 4.69) is 15.3 Å². The lowest BCUT2D eigenvalue weighted by Crippen LogP contribution is -2.04. The van der Waals surface area contributed by atoms with Crippen LogP contribution in [-0.2, 0) is 0 Å². The van der Waals surface area contributed by atoms with E-state index in [1.54, 1.807) is 6.92 Å². The Morgan fingerprint density at radius 2 is 2.00 bits per heavy atom. The molecule has 140 valence electrons. The molecular formula is C16H21N5O4S. The Labute approximate surface area is 155 Å². The largest absolute Gasteiger partial charge is 0.493 e. The fraction of sp³-hybridized carbons (Fsp3) is 0.438. The smallest absolute Gasteiger partial charge is 0.311 e. The zero-order valence-corrected chi connectivity index (χ0v) is 15.9. The van der Waals surface area contributed by atoms with Gasteiger partial charge >= 0.3 is 5.69 Å². The third kappa shape index (κ3) is 4.26. The minimum absolute atomic E-state index is 0.0983. The average Bonchev–Trinajstić information content (AvgIpc) is 2.95. The maximum atomic E-state index is 11.4. The Balaban J connectivity index is 2.54. The summed E-state index contributed by atoms with van der Waals surface area (Å²) in [5.41, 5.74) is 0.288. The van der Waals surface area contributed by atoms with Crippen LogP contribution in [0.15, 0.2) is 17.2 Å². The highest BCUT2D eigenvalue weighted by atomic mass is 32.1. The van der Waals surface area contributed by atoms with E-state index in [0.29, 0.717) is 35.1 Å². The van der Waals surface area contributed by atoms with Crippen LogP contribution in [0.2, 0.25) is 0 Å². The summed E-state index contributed by atoms with van der Waals surface area (Å²) in [6, 6.07) is 2.88. The predicted molar refractivity (Wildman–Crippen MR) is 99.9 cm³/mol. The van der Waals surface area contributed by atoms with Gasteiger partial charge in [0, 0.05) is 23.6 Å². The van der Waals surface area contributed by atoms with Crippen LogP contribution in [0, 0.1) is 14.9 Å². The van der Waals surface area contributed by atoms with E-state index in [0.717, 1.165) is 0 Å². The first-order chi connectivity index (χ1) is 12.4. The minimum Gasteiger partial charge on any atom is -0.493 e. The van der Waals surface area contributed by atoms with Crippen molar-refractivity contribution in [3.05, 3.63) is 38.4 Å². The van der Waals surface area contributed by atoms with Crippen molar-refractivity contribution in [2.45, 2.75) is 33.6 Å². The summed E-state index contributed by atoms with van der Waals surface area (Å²) in [6.45, 7) is 8.21. The zero-order valence-electron chi connectivity index (χ0n) is 15.1. The molecule has 0 atom stereocenters. The Hall–Kier alpha value is -2.75. The molecule has 10 heteroatoms. The molecule has 0 fully saturated rings. The van der Waals surface area contributed by atoms with Gasteiger partial charge in [-0.2, -0.15) is 14.9 Å². The first kappa shape index (κ1) is 19.6. The number of hydrogen-bond donors (Lipinski definition) is 1. The molecule has 0 aliphatic rings. The first-order valence-corrected chi connectivity index (χ1v) is 8.59. The van der Waals surface area contributed by atoms with Gasteiger partial charge in [0.1, 0.15) is 5.75 Å². The number of benzene rings is 1. The van der Waals surface area contributed by atoms with E-state index in [-0.39, 0.29) is 17.4 Å². The molecule has 0 aliphatic carbocycles. The number of H-pyrrole nitrogens is 1. The van der Waals surface area contributed by atoms with E-state index < -0.39 is 4.92 Å². The number of aromatic amines is 1. The van der Waals surface area contributed by atoms with Crippen LogP contribution in [0.1, 0.15) is 45.0 Å². The second-order valence-electron chi connectivity index (χ2n) is 5.58. The van der Waals surface area contributed by atoms with Crippen molar-refractivity contribution in [2.24, 2.45) is 5.10 Å². The summed E-state index contributed by atoms with van der Waals surface area (Å²) in [5.74, 6) is 1.35. The number of nitrogens with one attached hydrogen (secondary N) is 1. The standard InChI is InChI=1S/C16H21N5O4S/c1-5-24-13-8-14(25-6-2)12(21(22)23)7-11(13)9-17-20-15(10(3)4)18-19-16(20)26/h7-10H,5-6H2,1-4H3,(H,19,26)/b17-9-. The summed E-state index contributed by atoms with van der Waals surface area (Å²) in [7, 11) is 0. The van der Waals surface area contributed by atoms with E-state index in [1.165, 1.54) is 23.0 Å². The number of nitrogens with zero attached hydrogens (tertiary/aromatic N) is 4. The Kier molecular flexibility index (Phi) is 6.45. The number of nitro benzene ring substituents is 1. The average molecular weight is 379 g/mol. The lowest BCUT2D eigenvalue weighted by Gasteiger charge is -2.11. The van der Waals surface area contributed by atoms with Gasteiger partial charge in [-0.25, -0.2) is 0 Å². The first-order valence-electron chi connectivity index (χ1n) is 8.18. The molecule has 0 saturated carbocycles. The molecule has 0 amide bonds. The van der Waals surface area contributed by atoms with Crippen molar-refractivity contribution in [3.63, 3.8) is 0 Å². The van der Waals surface area contributed by atoms with Crippen molar-refractivity contribution < 1.29 is 14.4 Å². The molecule has 1 N–H and O–H groups in total. The number of ether oxygens (including phenoxy) is 2. The maximum absolute atomic E-state index is 11.4. The van der Waals surface area contributed by atoms with Crippen LogP contribution in [0.4, 0.5) is 5.69 Å². The third-order valence-corrected chi connectivity index (χ3v) is 3.66. The summed E-state index contributed by atoms with van der Waals surface area (Å²) >= 11 is 5.19. The van der Waals surface area contributed by atoms with Gasteiger partial charge in [0.15, 0.2) is 5.82 Å². The maximum Gasteiger partial charge on any atom is 0.311 e. The third-order valence-electron chi connectivity index (χ3n) is 3.39. The molecule has 26 heavy (non-hydrogen) atoms. The SMILES string of the molecule is CCOc1cc(OCC)c([N+](=O)[O-])cc1/C=N\n1c(C(C)C)n[nH]c1=S. The van der Waals surface area contributed by atoms with Crippen molar-refractivity contribution in [1.29, 1.82) is 0 Å². The zero-order chi connectivity index (χ0) is 19.3. The van der Waals surface area contributed by atoms with E-state index >= 15 is 0 Å². The highest BCUT2D eigenvalue weighted by Crippen LogP contribution is 2.34. The highest BCUT2D eigenvalue weighted by molar-refractivity contribution is 7.71. The van der Waals surface area contributed by atoms with E-state index in [4.69, 9.17) is 21.7 Å². The molecule has 1 heterocycles. The van der Waals surface area contributed by atoms with Crippen LogP contribution in [0.3, 0.4) is 0 Å². The van der Waals surface area contributed by atoms with Crippen LogP contribution in [-0.4, -0.2) is 39.2 Å². The van der Waals surface area contributed by atoms with Crippen LogP contribution < -0.4 is 9.47 Å². The van der Waals surface area contributed by atoms with Crippen molar-refractivity contribution in [2.75, 3.05) is 13.2 Å². The summed E-state index contributed by atoms with van der Waals surface area (Å²) < 4.78 is 12.8. The topological polar surface area (TPSA) is 108 Å². The second-order valence-corrected chi connectivity index (χ2v) is 5.97. The van der Waals surface area contributed by atoms with E-state index in [1.807, 2.05) is 20.8 Å². The van der Waals surface area contributed by atoms with Gasteiger partial charge in [-0.3, -0.25) is 15.2 Å². The van der Waals surface area contributed by atoms with Crippen molar-refractivity contribution in [1.82, 2.24) is 14.9 Å². The highest BCUT2D eigenvalue weighted by Gasteiger charge is 2.20. The molecule has 0 aliphatic heterocycles. The Bertz CT molecular complexity index is 872. The van der Waals surface area contributed by atoms with Gasteiger partial charge in [0.05, 0.1) is 24.4 Å². The molecular weight excluding hydrogens is 358 g/mol. The van der Waals surface area contributed by atoms with Crippen LogP contribution >= 0.6 is 12.2 Å². The number of aromatic nitrogens is 3. The number of nitro groups is 1. The molecule has 0 spiro atoms. The summed E-state index contributed by atoms with van der Waals surface area (Å²) in [4.78, 5) is 10.9. The minimum atomic E-state index is -0.499. The van der Waals surface area contributed by atoms with Gasteiger partial charge < -0.3 is 9.47 Å². The molecule has 2 rings (SSSR count). The predicted octanol–water partition coefficient (Wildman–Crippen LogP) is 3.65. The number of hydrogen-bond acceptors (Lipinski definition) is 7. The molecule has 0 radical (unpaired) electrons. The lowest BCUT2D eigenvalue weighted by atomic mass is 10.1. The van der Waals surface area contributed by atoms with Crippen LogP contribution in [0.25, 0.3) is 0 Å². The Morgan fingerprint density at radius 3 is 2.58 bits per heavy atom. The summed E-state index contributed by atoms with van der Waals surface area (Å²) in [5, 5.41) is 22.5. The van der Waals surface area contributed by atoms with Gasteiger partial charge in [-0.1, -0.05) is 13.8 Å². The van der Waals surface area contributed by atoms with Crippen LogP contribution in [0.5, 0.6) is 11.5 Å². The normalized spacial score (nSPS) is 11.3. The Morgan fingerprint density at radius 1 is 1.35 bits per heavy atom. The van der Waals surface area contributed by atoms with Gasteiger partial charge in [0.25, 0.3) is 0 Å². The van der Waals surface area contributed by atoms with Gasteiger partial charge in [-0.05, 0) is 26.1 Å². The lowest BCUT2D eigenvalue weighted by molar-refractivity contribution is -0.385. The van der Waals surface area contributed by atoms with Crippen molar-refractivity contribution in [3.8, 4) is 11.5 Å². The molecule has 0 bridgehead atoms. The fourth-order valence-electron chi connectivity index (χ4n) is 2.27. The molecule has 0 saturated heterocycles. The molecule has 2 aromatic rings. The van der Waals surface area contributed by atoms with Crippen molar-refractivity contribution >= 4 is 24.1 Å². The monoisotopic (exact) mass is 379 g/mol. The molecule has 1 aromatic heterocycles. The molecule has 1 aromatic carbocycles. The number of rotatable bonds is 8. The fourth-order valence-corrected chi connectivity index (χ4v) is 2.46. The molecule has 0 unspecified atom stereocenters. The summed E-state index contributed by atoms with van der Waals surface area (Å²) in [6.07, 6.45) is 1.46. The van der Waals surface area contributed by atoms with E-state index in [9.17, 15) is 10.1 Å². The van der Waals surface area contributed by atoms with Gasteiger partial charge in [0.2, 0.25) is 10.5 Å². The molecule has 9 nitrogen and oxygen atoms in total. The second kappa shape index (κ2) is 8.56.